The summed E-state index contributed by atoms with van der Waals surface area (Å²) in [6.45, 7) is 7.42. The monoisotopic (exact) mass is 368 g/mol. The Kier molecular flexibility index (Phi) is 5.63. The van der Waals surface area contributed by atoms with Crippen molar-refractivity contribution in [2.75, 3.05) is 14.2 Å². The van der Waals surface area contributed by atoms with Crippen LogP contribution in [0.25, 0.3) is 10.9 Å². The van der Waals surface area contributed by atoms with Crippen LogP contribution in [-0.2, 0) is 11.4 Å². The summed E-state index contributed by atoms with van der Waals surface area (Å²) in [6.07, 6.45) is 0. The maximum Gasteiger partial charge on any atom is 0.223 e. The zero-order valence-electron chi connectivity index (χ0n) is 14.6. The predicted molar refractivity (Wildman–Crippen MR) is 100.0 cm³/mol. The predicted octanol–water partition coefficient (Wildman–Crippen LogP) is 4.18. The topological polar surface area (TPSA) is 66.8 Å². The van der Waals surface area contributed by atoms with E-state index in [0.29, 0.717) is 33.4 Å². The SMILES string of the molecule is COc1cc2nc(OC)c(/C(C)=N/[S@+]([O-])C(C)(C)C)cc2cc1Cl. The van der Waals surface area contributed by atoms with E-state index >= 15 is 0 Å². The van der Waals surface area contributed by atoms with Gasteiger partial charge in [-0.25, -0.2) is 4.98 Å². The fraction of sp³-hybridized carbons (Fsp3) is 0.412. The van der Waals surface area contributed by atoms with Crippen LogP contribution in [0.2, 0.25) is 5.02 Å². The Morgan fingerprint density at radius 2 is 1.88 bits per heavy atom. The van der Waals surface area contributed by atoms with Crippen LogP contribution in [0.4, 0.5) is 0 Å². The number of benzene rings is 1. The molecule has 1 atom stereocenters. The number of methoxy groups -OCH3 is 2. The number of nitrogens with zero attached hydrogens (tertiary/aromatic N) is 2. The summed E-state index contributed by atoms with van der Waals surface area (Å²) in [5.74, 6) is 0.963. The molecule has 0 aliphatic carbocycles. The quantitative estimate of drug-likeness (QED) is 0.599. The summed E-state index contributed by atoms with van der Waals surface area (Å²) in [5, 5.41) is 1.32. The van der Waals surface area contributed by atoms with Gasteiger partial charge in [0.25, 0.3) is 0 Å². The lowest BCUT2D eigenvalue weighted by atomic mass is 10.1. The first-order valence-electron chi connectivity index (χ1n) is 7.37. The highest BCUT2D eigenvalue weighted by molar-refractivity contribution is 7.91. The van der Waals surface area contributed by atoms with Crippen molar-refractivity contribution in [3.05, 3.63) is 28.8 Å². The van der Waals surface area contributed by atoms with Crippen LogP contribution in [0, 0.1) is 0 Å². The number of fused-ring (bicyclic) bond motifs is 1. The molecule has 24 heavy (non-hydrogen) atoms. The number of pyridine rings is 1. The van der Waals surface area contributed by atoms with Crippen LogP contribution in [0.3, 0.4) is 0 Å². The van der Waals surface area contributed by atoms with Crippen LogP contribution < -0.4 is 9.47 Å². The molecule has 0 saturated heterocycles. The molecule has 2 aromatic rings. The molecule has 0 amide bonds. The molecular formula is C17H21ClN2O3S. The van der Waals surface area contributed by atoms with Crippen molar-refractivity contribution >= 4 is 39.6 Å². The van der Waals surface area contributed by atoms with Crippen molar-refractivity contribution in [2.45, 2.75) is 32.4 Å². The first-order chi connectivity index (χ1) is 11.2. The normalized spacial score (nSPS) is 13.9. The van der Waals surface area contributed by atoms with Crippen LogP contribution in [-0.4, -0.2) is 34.2 Å². The van der Waals surface area contributed by atoms with Crippen molar-refractivity contribution < 1.29 is 14.0 Å². The number of aromatic nitrogens is 1. The van der Waals surface area contributed by atoms with E-state index in [4.69, 9.17) is 21.1 Å². The highest BCUT2D eigenvalue weighted by atomic mass is 35.5. The number of rotatable bonds is 4. The van der Waals surface area contributed by atoms with E-state index in [1.165, 1.54) is 0 Å². The van der Waals surface area contributed by atoms with E-state index in [2.05, 4.69) is 9.38 Å². The summed E-state index contributed by atoms with van der Waals surface area (Å²) in [5.41, 5.74) is 1.98. The van der Waals surface area contributed by atoms with Crippen molar-refractivity contribution in [1.82, 2.24) is 4.98 Å². The van der Waals surface area contributed by atoms with Gasteiger partial charge in [-0.2, -0.15) is 0 Å². The molecule has 0 unspecified atom stereocenters. The van der Waals surface area contributed by atoms with E-state index in [0.717, 1.165) is 5.39 Å². The lowest BCUT2D eigenvalue weighted by Gasteiger charge is -2.19. The summed E-state index contributed by atoms with van der Waals surface area (Å²) < 4.78 is 26.7. The molecule has 0 bridgehead atoms. The Morgan fingerprint density at radius 3 is 2.42 bits per heavy atom. The average molecular weight is 369 g/mol. The van der Waals surface area contributed by atoms with Gasteiger partial charge in [-0.3, -0.25) is 0 Å². The molecule has 2 rings (SSSR count). The van der Waals surface area contributed by atoms with Crippen molar-refractivity contribution in [1.29, 1.82) is 0 Å². The third-order valence-electron chi connectivity index (χ3n) is 3.38. The molecule has 0 spiro atoms. The minimum absolute atomic E-state index is 0.416. The Hall–Kier alpha value is -1.50. The minimum Gasteiger partial charge on any atom is -0.591 e. The van der Waals surface area contributed by atoms with E-state index in [-0.39, 0.29) is 0 Å². The fourth-order valence-corrected chi connectivity index (χ4v) is 2.91. The molecule has 7 heteroatoms. The number of hydrogen-bond acceptors (Lipinski definition) is 5. The highest BCUT2D eigenvalue weighted by Gasteiger charge is 2.27. The third kappa shape index (κ3) is 3.94. The molecule has 1 aromatic heterocycles. The van der Waals surface area contributed by atoms with Gasteiger partial charge in [-0.1, -0.05) is 16.0 Å². The summed E-state index contributed by atoms with van der Waals surface area (Å²) >= 11 is 4.83. The molecular weight excluding hydrogens is 348 g/mol. The zero-order chi connectivity index (χ0) is 18.1. The largest absolute Gasteiger partial charge is 0.591 e. The maximum absolute atomic E-state index is 12.3. The van der Waals surface area contributed by atoms with Gasteiger partial charge in [0.1, 0.15) is 27.6 Å². The van der Waals surface area contributed by atoms with Gasteiger partial charge in [0, 0.05) is 11.5 Å². The van der Waals surface area contributed by atoms with Gasteiger partial charge in [-0.05, 0) is 39.8 Å². The third-order valence-corrected chi connectivity index (χ3v) is 5.16. The smallest absolute Gasteiger partial charge is 0.223 e. The van der Waals surface area contributed by atoms with Crippen LogP contribution in [0.5, 0.6) is 11.6 Å². The molecule has 1 aromatic carbocycles. The molecule has 0 aliphatic rings. The van der Waals surface area contributed by atoms with Crippen LogP contribution in [0.15, 0.2) is 22.6 Å². The van der Waals surface area contributed by atoms with Gasteiger partial charge >= 0.3 is 0 Å². The van der Waals surface area contributed by atoms with Crippen LogP contribution >= 0.6 is 11.6 Å². The molecule has 0 fully saturated rings. The van der Waals surface area contributed by atoms with Crippen molar-refractivity contribution in [3.63, 3.8) is 0 Å². The van der Waals surface area contributed by atoms with Crippen molar-refractivity contribution in [3.8, 4) is 11.6 Å². The van der Waals surface area contributed by atoms with Gasteiger partial charge in [-0.15, -0.1) is 0 Å². The zero-order valence-corrected chi connectivity index (χ0v) is 16.2. The first kappa shape index (κ1) is 18.8. The average Bonchev–Trinajstić information content (AvgIpc) is 2.51. The molecule has 0 aliphatic heterocycles. The van der Waals surface area contributed by atoms with Crippen molar-refractivity contribution in [2.24, 2.45) is 4.40 Å². The number of hydrogen-bond donors (Lipinski definition) is 0. The lowest BCUT2D eigenvalue weighted by Crippen LogP contribution is -2.26. The second-order valence-corrected chi connectivity index (χ2v) is 8.58. The van der Waals surface area contributed by atoms with Gasteiger partial charge < -0.3 is 14.0 Å². The lowest BCUT2D eigenvalue weighted by molar-refractivity contribution is 0.398. The summed E-state index contributed by atoms with van der Waals surface area (Å²) in [4.78, 5) is 4.49. The maximum atomic E-state index is 12.3. The van der Waals surface area contributed by atoms with E-state index < -0.39 is 16.1 Å². The molecule has 0 N–H and O–H groups in total. The second kappa shape index (κ2) is 7.17. The summed E-state index contributed by atoms with van der Waals surface area (Å²) in [7, 11) is 3.09. The van der Waals surface area contributed by atoms with E-state index in [1.807, 2.05) is 26.8 Å². The molecule has 0 radical (unpaired) electrons. The van der Waals surface area contributed by atoms with Gasteiger partial charge in [0.05, 0.1) is 30.3 Å². The molecule has 1 heterocycles. The Balaban J connectivity index is 2.59. The standard InChI is InChI=1S/C17H21ClN2O3S/c1-10(20-24(21)17(2,3)4)12-7-11-8-13(18)15(22-5)9-14(11)19-16(12)23-6/h7-9H,1-6H3/b20-10+/t24-/m1/s1. The molecule has 130 valence electrons. The van der Waals surface area contributed by atoms with Gasteiger partial charge in [0.15, 0.2) is 0 Å². The minimum atomic E-state index is -1.36. The second-order valence-electron chi connectivity index (χ2n) is 6.26. The highest BCUT2D eigenvalue weighted by Crippen LogP contribution is 2.32. The van der Waals surface area contributed by atoms with E-state index in [1.54, 1.807) is 33.3 Å². The molecule has 0 saturated carbocycles. The Labute approximate surface area is 150 Å². The number of ether oxygens (including phenoxy) is 2. The Bertz CT molecular complexity index is 787. The van der Waals surface area contributed by atoms with Crippen LogP contribution in [0.1, 0.15) is 33.3 Å². The van der Waals surface area contributed by atoms with Gasteiger partial charge in [0.2, 0.25) is 5.88 Å². The van der Waals surface area contributed by atoms with E-state index in [9.17, 15) is 4.55 Å². The first-order valence-corrected chi connectivity index (χ1v) is 8.85. The Morgan fingerprint density at radius 1 is 1.21 bits per heavy atom. The number of halogens is 1. The molecule has 5 nitrogen and oxygen atoms in total. The summed E-state index contributed by atoms with van der Waals surface area (Å²) in [6, 6.07) is 5.41. The fourth-order valence-electron chi connectivity index (χ4n) is 2.04.